The Morgan fingerprint density at radius 2 is 1.76 bits per heavy atom. The maximum Gasteiger partial charge on any atom is 0.357 e. The number of halogens is 2. The van der Waals surface area contributed by atoms with Gasteiger partial charge in [-0.3, -0.25) is 9.36 Å². The molecule has 1 aliphatic heterocycles. The standard InChI is InChI=1S/C28H38F2N4O7/c1-2-3-4-5-6-7-8-9-10-11-17-40-25(38)22-19(13-12-15-31-22)24(37)32-21-14-16-34(27(39)33-21)26-28(29,30)23(36)20(18-35)41-26/h12-16,20,23,26,35-36H,2-11,17-18H2,1H3,(H,32,33,37,39)/t20-,23-,26-/m1/s1. The van der Waals surface area contributed by atoms with Crippen LogP contribution < -0.4 is 11.0 Å². The van der Waals surface area contributed by atoms with Gasteiger partial charge in [0.15, 0.2) is 11.8 Å². The highest BCUT2D eigenvalue weighted by atomic mass is 19.3. The van der Waals surface area contributed by atoms with E-state index in [0.717, 1.165) is 31.5 Å². The summed E-state index contributed by atoms with van der Waals surface area (Å²) in [6, 6.07) is 3.88. The average Bonchev–Trinajstić information content (AvgIpc) is 3.19. The maximum absolute atomic E-state index is 14.4. The first-order valence-electron chi connectivity index (χ1n) is 14.1. The molecule has 3 N–H and O–H groups in total. The molecule has 2 aromatic heterocycles. The molecule has 1 saturated heterocycles. The van der Waals surface area contributed by atoms with E-state index in [-0.39, 0.29) is 23.7 Å². The molecule has 0 radical (unpaired) electrons. The first kappa shape index (κ1) is 32.2. The van der Waals surface area contributed by atoms with Gasteiger partial charge in [0.25, 0.3) is 5.91 Å². The van der Waals surface area contributed by atoms with E-state index in [0.29, 0.717) is 11.0 Å². The van der Waals surface area contributed by atoms with E-state index >= 15 is 0 Å². The van der Waals surface area contributed by atoms with Gasteiger partial charge in [0.2, 0.25) is 6.23 Å². The molecule has 1 fully saturated rings. The number of carbonyl (C=O) groups excluding carboxylic acids is 2. The largest absolute Gasteiger partial charge is 0.461 e. The number of pyridine rings is 1. The number of hydrogen-bond donors (Lipinski definition) is 3. The number of esters is 1. The van der Waals surface area contributed by atoms with Crippen LogP contribution in [-0.2, 0) is 9.47 Å². The fraction of sp³-hybridized carbons (Fsp3) is 0.607. The topological polar surface area (TPSA) is 153 Å². The van der Waals surface area contributed by atoms with Gasteiger partial charge in [0.05, 0.1) is 18.8 Å². The van der Waals surface area contributed by atoms with Crippen LogP contribution in [0.15, 0.2) is 35.4 Å². The van der Waals surface area contributed by atoms with E-state index in [2.05, 4.69) is 22.2 Å². The third kappa shape index (κ3) is 8.60. The predicted octanol–water partition coefficient (Wildman–Crippen LogP) is 3.85. The number of alkyl halides is 2. The molecule has 3 rings (SSSR count). The van der Waals surface area contributed by atoms with Gasteiger partial charge in [-0.05, 0) is 24.6 Å². The van der Waals surface area contributed by atoms with Gasteiger partial charge in [0.1, 0.15) is 11.9 Å². The molecule has 3 heterocycles. The average molecular weight is 581 g/mol. The van der Waals surface area contributed by atoms with Gasteiger partial charge < -0.3 is 25.0 Å². The van der Waals surface area contributed by atoms with Crippen LogP contribution in [0.3, 0.4) is 0 Å². The van der Waals surface area contributed by atoms with Crippen LogP contribution in [0.2, 0.25) is 0 Å². The van der Waals surface area contributed by atoms with Crippen LogP contribution in [-0.4, -0.2) is 68.0 Å². The SMILES string of the molecule is CCCCCCCCCCCCOC(=O)c1ncccc1C(=O)Nc1ccn([C@@H]2O[C@H](CO)[C@@H](O)C2(F)F)c(=O)n1. The van der Waals surface area contributed by atoms with Crippen molar-refractivity contribution >= 4 is 17.7 Å². The summed E-state index contributed by atoms with van der Waals surface area (Å²) in [4.78, 5) is 45.5. The van der Waals surface area contributed by atoms with Crippen molar-refractivity contribution in [3.8, 4) is 0 Å². The van der Waals surface area contributed by atoms with Crippen molar-refractivity contribution in [1.82, 2.24) is 14.5 Å². The number of ether oxygens (including phenoxy) is 2. The highest BCUT2D eigenvalue weighted by Gasteiger charge is 2.59. The number of unbranched alkanes of at least 4 members (excludes halogenated alkanes) is 9. The molecule has 3 atom stereocenters. The molecule has 0 saturated carbocycles. The molecule has 0 bridgehead atoms. The van der Waals surface area contributed by atoms with E-state index < -0.39 is 48.5 Å². The van der Waals surface area contributed by atoms with Gasteiger partial charge >= 0.3 is 17.6 Å². The second kappa shape index (κ2) is 15.6. The number of aromatic nitrogens is 3. The summed E-state index contributed by atoms with van der Waals surface area (Å²) in [6.07, 6.45) is 7.49. The van der Waals surface area contributed by atoms with Crippen molar-refractivity contribution in [3.05, 3.63) is 52.3 Å². The predicted molar refractivity (Wildman–Crippen MR) is 145 cm³/mol. The molecule has 226 valence electrons. The first-order chi connectivity index (χ1) is 19.7. The summed E-state index contributed by atoms with van der Waals surface area (Å²) >= 11 is 0. The van der Waals surface area contributed by atoms with Crippen LogP contribution >= 0.6 is 0 Å². The molecule has 11 nitrogen and oxygen atoms in total. The molecular formula is C28H38F2N4O7. The number of carbonyl (C=O) groups is 2. The zero-order valence-electron chi connectivity index (χ0n) is 23.1. The lowest BCUT2D eigenvalue weighted by Gasteiger charge is -2.21. The summed E-state index contributed by atoms with van der Waals surface area (Å²) in [5.74, 6) is -5.73. The molecule has 0 aromatic carbocycles. The molecular weight excluding hydrogens is 542 g/mol. The Kier molecular flexibility index (Phi) is 12.3. The van der Waals surface area contributed by atoms with Gasteiger partial charge in [-0.15, -0.1) is 0 Å². The Balaban J connectivity index is 1.52. The van der Waals surface area contributed by atoms with Crippen LogP contribution in [0, 0.1) is 0 Å². The normalized spacial score (nSPS) is 19.7. The van der Waals surface area contributed by atoms with Crippen molar-refractivity contribution in [3.63, 3.8) is 0 Å². The molecule has 2 aromatic rings. The van der Waals surface area contributed by atoms with E-state index in [1.54, 1.807) is 0 Å². The summed E-state index contributed by atoms with van der Waals surface area (Å²) < 4.78 is 39.5. The zero-order valence-corrected chi connectivity index (χ0v) is 23.1. The third-order valence-electron chi connectivity index (χ3n) is 6.86. The number of rotatable bonds is 16. The molecule has 0 aliphatic carbocycles. The third-order valence-corrected chi connectivity index (χ3v) is 6.86. The van der Waals surface area contributed by atoms with Crippen molar-refractivity contribution in [2.45, 2.75) is 95.5 Å². The number of hydrogen-bond acceptors (Lipinski definition) is 9. The number of amides is 1. The van der Waals surface area contributed by atoms with Crippen molar-refractivity contribution in [2.75, 3.05) is 18.5 Å². The molecule has 41 heavy (non-hydrogen) atoms. The Morgan fingerprint density at radius 1 is 1.10 bits per heavy atom. The minimum Gasteiger partial charge on any atom is -0.461 e. The zero-order chi connectivity index (χ0) is 29.8. The lowest BCUT2D eigenvalue weighted by molar-refractivity contribution is -0.140. The van der Waals surface area contributed by atoms with Gasteiger partial charge in [-0.2, -0.15) is 13.8 Å². The molecule has 0 spiro atoms. The highest BCUT2D eigenvalue weighted by Crippen LogP contribution is 2.42. The van der Waals surface area contributed by atoms with E-state index in [1.807, 2.05) is 0 Å². The second-order valence-corrected chi connectivity index (χ2v) is 10.0. The Morgan fingerprint density at radius 3 is 2.37 bits per heavy atom. The second-order valence-electron chi connectivity index (χ2n) is 10.0. The Hall–Kier alpha value is -3.29. The number of aliphatic hydroxyl groups excluding tert-OH is 2. The highest BCUT2D eigenvalue weighted by molar-refractivity contribution is 6.09. The van der Waals surface area contributed by atoms with E-state index in [1.165, 1.54) is 56.9 Å². The number of nitrogens with zero attached hydrogens (tertiary/aromatic N) is 3. The molecule has 0 unspecified atom stereocenters. The van der Waals surface area contributed by atoms with Gasteiger partial charge in [-0.25, -0.2) is 14.6 Å². The van der Waals surface area contributed by atoms with Gasteiger partial charge in [0, 0.05) is 12.4 Å². The molecule has 1 aliphatic rings. The van der Waals surface area contributed by atoms with Crippen LogP contribution in [0.1, 0.15) is 98.2 Å². The fourth-order valence-electron chi connectivity index (χ4n) is 4.54. The molecule has 1 amide bonds. The molecule has 13 heteroatoms. The van der Waals surface area contributed by atoms with Crippen LogP contribution in [0.25, 0.3) is 0 Å². The Labute approximate surface area is 236 Å². The first-order valence-corrected chi connectivity index (χ1v) is 14.1. The minimum atomic E-state index is -3.87. The van der Waals surface area contributed by atoms with Gasteiger partial charge in [-0.1, -0.05) is 64.7 Å². The maximum atomic E-state index is 14.4. The summed E-state index contributed by atoms with van der Waals surface area (Å²) in [6.45, 7) is 1.51. The quantitative estimate of drug-likeness (QED) is 0.198. The fourth-order valence-corrected chi connectivity index (χ4v) is 4.54. The van der Waals surface area contributed by atoms with Crippen LogP contribution in [0.4, 0.5) is 14.6 Å². The summed E-state index contributed by atoms with van der Waals surface area (Å²) in [7, 11) is 0. The summed E-state index contributed by atoms with van der Waals surface area (Å²) in [5, 5.41) is 21.2. The van der Waals surface area contributed by atoms with Crippen molar-refractivity contribution in [1.29, 1.82) is 0 Å². The lowest BCUT2D eigenvalue weighted by Crippen LogP contribution is -2.41. The Bertz CT molecular complexity index is 1210. The van der Waals surface area contributed by atoms with Crippen molar-refractivity contribution in [2.24, 2.45) is 0 Å². The smallest absolute Gasteiger partial charge is 0.357 e. The van der Waals surface area contributed by atoms with Crippen LogP contribution in [0.5, 0.6) is 0 Å². The summed E-state index contributed by atoms with van der Waals surface area (Å²) in [5.41, 5.74) is -1.53. The monoisotopic (exact) mass is 580 g/mol. The number of nitrogens with one attached hydrogen (secondary N) is 1. The van der Waals surface area contributed by atoms with Crippen molar-refractivity contribution < 1.29 is 38.1 Å². The van der Waals surface area contributed by atoms with E-state index in [4.69, 9.17) is 14.6 Å². The minimum absolute atomic E-state index is 0.119. The number of anilines is 1. The van der Waals surface area contributed by atoms with E-state index in [9.17, 15) is 28.3 Å². The number of aliphatic hydroxyl groups is 2. The lowest BCUT2D eigenvalue weighted by atomic mass is 10.1.